The lowest BCUT2D eigenvalue weighted by atomic mass is 10.2. The third-order valence-corrected chi connectivity index (χ3v) is 5.43. The fourth-order valence-electron chi connectivity index (χ4n) is 1.84. The second kappa shape index (κ2) is 6.60. The van der Waals surface area contributed by atoms with Gasteiger partial charge in [0.05, 0.1) is 9.80 Å². The molecule has 0 N–H and O–H groups in total. The number of aromatic nitrogens is 1. The molecule has 0 amide bonds. The molecule has 0 aliphatic carbocycles. The van der Waals surface area contributed by atoms with Crippen LogP contribution in [-0.4, -0.2) is 9.91 Å². The van der Waals surface area contributed by atoms with Gasteiger partial charge < -0.3 is 0 Å². The van der Waals surface area contributed by atoms with Gasteiger partial charge in [-0.1, -0.05) is 45.9 Å². The molecule has 0 unspecified atom stereocenters. The first kappa shape index (κ1) is 15.2. The molecule has 0 saturated heterocycles. The molecule has 3 rings (SSSR count). The van der Waals surface area contributed by atoms with Crippen molar-refractivity contribution < 1.29 is 4.92 Å². The Kier molecular flexibility index (Phi) is 4.56. The van der Waals surface area contributed by atoms with Crippen molar-refractivity contribution in [3.63, 3.8) is 0 Å². The Bertz CT molecular complexity index is 836. The molecule has 0 saturated carbocycles. The monoisotopic (exact) mass is 392 g/mol. The molecule has 0 radical (unpaired) electrons. The molecule has 0 atom stereocenters. The summed E-state index contributed by atoms with van der Waals surface area (Å²) in [5, 5.41) is 10.8. The van der Waals surface area contributed by atoms with E-state index in [0.717, 1.165) is 24.1 Å². The van der Waals surface area contributed by atoms with Crippen LogP contribution < -0.4 is 0 Å². The molecule has 0 fully saturated rings. The predicted molar refractivity (Wildman–Crippen MR) is 92.5 cm³/mol. The van der Waals surface area contributed by atoms with Gasteiger partial charge in [-0.3, -0.25) is 10.1 Å². The Labute approximate surface area is 143 Å². The zero-order valence-electron chi connectivity index (χ0n) is 11.1. The molecule has 1 heterocycles. The highest BCUT2D eigenvalue weighted by atomic mass is 79.9. The molecule has 3 aromatic rings. The van der Waals surface area contributed by atoms with Gasteiger partial charge in [-0.15, -0.1) is 11.3 Å². The Morgan fingerprint density at radius 2 is 2.00 bits per heavy atom. The Balaban J connectivity index is 1.84. The van der Waals surface area contributed by atoms with Gasteiger partial charge in [-0.05, 0) is 18.2 Å². The largest absolute Gasteiger partial charge is 0.270 e. The number of hydrogen-bond acceptors (Lipinski definition) is 5. The summed E-state index contributed by atoms with van der Waals surface area (Å²) in [6.45, 7) is 0. The summed E-state index contributed by atoms with van der Waals surface area (Å²) in [6, 6.07) is 14.6. The number of halogens is 1. The number of rotatable bonds is 4. The number of non-ortho nitro benzene ring substituents is 1. The quantitative estimate of drug-likeness (QED) is 0.426. The first-order valence-electron chi connectivity index (χ1n) is 6.26. The number of nitro benzene ring substituents is 1. The number of thiazole rings is 1. The van der Waals surface area contributed by atoms with E-state index in [9.17, 15) is 10.1 Å². The van der Waals surface area contributed by atoms with Gasteiger partial charge in [0, 0.05) is 33.3 Å². The molecular weight excluding hydrogens is 384 g/mol. The average Bonchev–Trinajstić information content (AvgIpc) is 2.96. The molecule has 22 heavy (non-hydrogen) atoms. The summed E-state index contributed by atoms with van der Waals surface area (Å²) in [5.74, 6) is 0. The lowest BCUT2D eigenvalue weighted by molar-refractivity contribution is -0.384. The maximum Gasteiger partial charge on any atom is 0.270 e. The molecule has 0 bridgehead atoms. The molecule has 0 spiro atoms. The highest BCUT2D eigenvalue weighted by Crippen LogP contribution is 2.36. The van der Waals surface area contributed by atoms with Crippen molar-refractivity contribution in [3.8, 4) is 10.4 Å². The summed E-state index contributed by atoms with van der Waals surface area (Å²) >= 11 is 6.54. The Morgan fingerprint density at radius 3 is 2.77 bits per heavy atom. The van der Waals surface area contributed by atoms with Crippen LogP contribution in [-0.2, 0) is 0 Å². The first-order chi connectivity index (χ1) is 10.6. The molecule has 0 aliphatic heterocycles. The van der Waals surface area contributed by atoms with Gasteiger partial charge in [-0.25, -0.2) is 4.98 Å². The van der Waals surface area contributed by atoms with Crippen LogP contribution in [0.4, 0.5) is 5.69 Å². The molecule has 110 valence electrons. The second-order valence-electron chi connectivity index (χ2n) is 4.36. The normalized spacial score (nSPS) is 10.6. The SMILES string of the molecule is O=[N+]([O-])c1cccc(-c2cnc(Sc3cccc(Br)c3)s2)c1. The van der Waals surface area contributed by atoms with Gasteiger partial charge in [-0.2, -0.15) is 0 Å². The smallest absolute Gasteiger partial charge is 0.258 e. The van der Waals surface area contributed by atoms with Crippen LogP contribution in [0.3, 0.4) is 0 Å². The van der Waals surface area contributed by atoms with Gasteiger partial charge in [0.15, 0.2) is 4.34 Å². The second-order valence-corrected chi connectivity index (χ2v) is 7.62. The van der Waals surface area contributed by atoms with E-state index in [-0.39, 0.29) is 10.6 Å². The zero-order valence-corrected chi connectivity index (χ0v) is 14.3. The lowest BCUT2D eigenvalue weighted by Crippen LogP contribution is -1.87. The topological polar surface area (TPSA) is 56.0 Å². The minimum Gasteiger partial charge on any atom is -0.258 e. The summed E-state index contributed by atoms with van der Waals surface area (Å²) in [5.41, 5.74) is 0.903. The van der Waals surface area contributed by atoms with E-state index in [1.807, 2.05) is 30.3 Å². The van der Waals surface area contributed by atoms with E-state index in [1.165, 1.54) is 17.4 Å². The summed E-state index contributed by atoms with van der Waals surface area (Å²) in [4.78, 5) is 16.9. The Morgan fingerprint density at radius 1 is 1.18 bits per heavy atom. The predicted octanol–water partition coefficient (Wildman–Crippen LogP) is 5.63. The van der Waals surface area contributed by atoms with Crippen LogP contribution in [0.15, 0.2) is 68.4 Å². The number of nitrogens with zero attached hydrogens (tertiary/aromatic N) is 2. The molecule has 0 aliphatic rings. The van der Waals surface area contributed by atoms with Crippen molar-refractivity contribution in [1.82, 2.24) is 4.98 Å². The third kappa shape index (κ3) is 3.55. The zero-order chi connectivity index (χ0) is 15.5. The minimum atomic E-state index is -0.387. The van der Waals surface area contributed by atoms with Crippen LogP contribution in [0.1, 0.15) is 0 Å². The fourth-order valence-corrected chi connectivity index (χ4v) is 4.40. The summed E-state index contributed by atoms with van der Waals surface area (Å²) in [6.07, 6.45) is 1.75. The van der Waals surface area contributed by atoms with Crippen molar-refractivity contribution in [2.24, 2.45) is 0 Å². The van der Waals surface area contributed by atoms with Crippen molar-refractivity contribution in [2.75, 3.05) is 0 Å². The van der Waals surface area contributed by atoms with E-state index in [4.69, 9.17) is 0 Å². The number of hydrogen-bond donors (Lipinski definition) is 0. The van der Waals surface area contributed by atoms with Crippen LogP contribution in [0, 0.1) is 10.1 Å². The van der Waals surface area contributed by atoms with E-state index >= 15 is 0 Å². The lowest BCUT2D eigenvalue weighted by Gasteiger charge is -1.98. The van der Waals surface area contributed by atoms with Crippen molar-refractivity contribution in [2.45, 2.75) is 9.24 Å². The average molecular weight is 393 g/mol. The van der Waals surface area contributed by atoms with Gasteiger partial charge in [0.25, 0.3) is 5.69 Å². The molecular formula is C15H9BrN2O2S2. The van der Waals surface area contributed by atoms with Crippen LogP contribution in [0.25, 0.3) is 10.4 Å². The fraction of sp³-hybridized carbons (Fsp3) is 0. The van der Waals surface area contributed by atoms with Crippen LogP contribution >= 0.6 is 39.0 Å². The highest BCUT2D eigenvalue weighted by molar-refractivity contribution is 9.10. The van der Waals surface area contributed by atoms with Gasteiger partial charge in [0.1, 0.15) is 0 Å². The maximum atomic E-state index is 10.8. The van der Waals surface area contributed by atoms with Crippen LogP contribution in [0.2, 0.25) is 0 Å². The van der Waals surface area contributed by atoms with Crippen LogP contribution in [0.5, 0.6) is 0 Å². The highest BCUT2D eigenvalue weighted by Gasteiger charge is 2.10. The minimum absolute atomic E-state index is 0.0899. The van der Waals surface area contributed by atoms with E-state index in [2.05, 4.69) is 20.9 Å². The molecule has 2 aromatic carbocycles. The van der Waals surface area contributed by atoms with Gasteiger partial charge >= 0.3 is 0 Å². The van der Waals surface area contributed by atoms with Crippen molar-refractivity contribution in [3.05, 3.63) is 69.3 Å². The summed E-state index contributed by atoms with van der Waals surface area (Å²) < 4.78 is 1.92. The van der Waals surface area contributed by atoms with E-state index in [0.29, 0.717) is 0 Å². The maximum absolute atomic E-state index is 10.8. The standard InChI is InChI=1S/C15H9BrN2O2S2/c16-11-4-2-6-13(8-11)21-15-17-9-14(22-15)10-3-1-5-12(7-10)18(19)20/h1-9H. The summed E-state index contributed by atoms with van der Waals surface area (Å²) in [7, 11) is 0. The van der Waals surface area contributed by atoms with Gasteiger partial charge in [0.2, 0.25) is 0 Å². The molecule has 4 nitrogen and oxygen atoms in total. The number of benzene rings is 2. The molecule has 1 aromatic heterocycles. The van der Waals surface area contributed by atoms with Crippen molar-refractivity contribution in [1.29, 1.82) is 0 Å². The van der Waals surface area contributed by atoms with Crippen molar-refractivity contribution >= 4 is 44.7 Å². The van der Waals surface area contributed by atoms with E-state index < -0.39 is 0 Å². The Hall–Kier alpha value is -1.70. The third-order valence-electron chi connectivity index (χ3n) is 2.83. The first-order valence-corrected chi connectivity index (χ1v) is 8.68. The van der Waals surface area contributed by atoms with E-state index in [1.54, 1.807) is 30.1 Å². The molecule has 7 heteroatoms. The number of nitro groups is 1.